The number of carbonyl (C=O) groups excluding carboxylic acids is 3. The molecule has 0 aliphatic carbocycles. The highest BCUT2D eigenvalue weighted by atomic mass is 35.5. The summed E-state index contributed by atoms with van der Waals surface area (Å²) in [6, 6.07) is 17.8. The molecule has 3 N–H and O–H groups in total. The van der Waals surface area contributed by atoms with Gasteiger partial charge in [0.25, 0.3) is 0 Å². The highest BCUT2D eigenvalue weighted by Crippen LogP contribution is 2.55. The van der Waals surface area contributed by atoms with Crippen molar-refractivity contribution in [2.24, 2.45) is 11.8 Å². The van der Waals surface area contributed by atoms with Gasteiger partial charge >= 0.3 is 0 Å². The van der Waals surface area contributed by atoms with E-state index in [-0.39, 0.29) is 11.8 Å². The number of halogens is 1. The molecule has 1 aromatic heterocycles. The first-order valence-electron chi connectivity index (χ1n) is 12.8. The third kappa shape index (κ3) is 3.25. The number of fused-ring (bicyclic) bond motifs is 5. The summed E-state index contributed by atoms with van der Waals surface area (Å²) < 4.78 is 5.26. The van der Waals surface area contributed by atoms with Crippen LogP contribution >= 0.6 is 11.6 Å². The minimum Gasteiger partial charge on any atom is -0.497 e. The van der Waals surface area contributed by atoms with E-state index in [1.165, 1.54) is 4.90 Å². The minimum atomic E-state index is -1.43. The fraction of sp³-hybridized carbons (Fsp3) is 0.233. The lowest BCUT2D eigenvalue weighted by Gasteiger charge is -2.29. The van der Waals surface area contributed by atoms with Crippen LogP contribution in [0.2, 0.25) is 5.02 Å². The molecule has 0 bridgehead atoms. The normalized spacial score (nSPS) is 25.5. The topological polar surface area (TPSA) is 104 Å². The molecule has 3 aliphatic heterocycles. The van der Waals surface area contributed by atoms with Crippen LogP contribution in [0, 0.1) is 18.8 Å². The molecule has 0 radical (unpaired) electrons. The van der Waals surface area contributed by atoms with Crippen LogP contribution in [0.5, 0.6) is 5.75 Å². The maximum atomic E-state index is 14.2. The van der Waals surface area contributed by atoms with Crippen molar-refractivity contribution >= 4 is 51.6 Å². The van der Waals surface area contributed by atoms with Crippen LogP contribution in [0.3, 0.4) is 0 Å². The SMILES string of the molecule is COc1ccc(N2C(=O)[C@@H]3[C@H](Cc4c[nH]c5ccccc45)N[C@@]4(C(=O)Nc5c(C)cc(Cl)cc54)[C@@H]3C2=O)cc1. The first kappa shape index (κ1) is 23.9. The second-order valence-corrected chi connectivity index (χ2v) is 10.9. The first-order chi connectivity index (χ1) is 18.8. The molecular formula is C30H25ClN4O4. The molecule has 3 aliphatic rings. The third-order valence-corrected chi connectivity index (χ3v) is 8.65. The predicted octanol–water partition coefficient (Wildman–Crippen LogP) is 4.31. The van der Waals surface area contributed by atoms with E-state index in [1.807, 2.05) is 37.4 Å². The molecule has 3 amide bonds. The Hall–Kier alpha value is -4.14. The molecule has 0 saturated carbocycles. The van der Waals surface area contributed by atoms with Crippen molar-refractivity contribution in [2.45, 2.75) is 24.9 Å². The number of ether oxygens (including phenoxy) is 1. The number of nitrogens with zero attached hydrogens (tertiary/aromatic N) is 1. The second kappa shape index (κ2) is 8.43. The predicted molar refractivity (Wildman–Crippen MR) is 148 cm³/mol. The number of hydrogen-bond acceptors (Lipinski definition) is 5. The highest BCUT2D eigenvalue weighted by Gasteiger charge is 2.70. The zero-order valence-corrected chi connectivity index (χ0v) is 22.0. The number of rotatable bonds is 4. The largest absolute Gasteiger partial charge is 0.497 e. The van der Waals surface area contributed by atoms with Crippen LogP contribution in [0.15, 0.2) is 66.9 Å². The fourth-order valence-electron chi connectivity index (χ4n) is 6.73. The molecule has 0 unspecified atom stereocenters. The summed E-state index contributed by atoms with van der Waals surface area (Å²) in [5, 5.41) is 8.00. The number of anilines is 2. The molecule has 2 fully saturated rings. The summed E-state index contributed by atoms with van der Waals surface area (Å²) in [5.74, 6) is -2.18. The number of para-hydroxylation sites is 1. The number of aromatic amines is 1. The number of benzene rings is 3. The number of imide groups is 1. The molecule has 4 atom stereocenters. The van der Waals surface area contributed by atoms with E-state index in [0.29, 0.717) is 34.1 Å². The van der Waals surface area contributed by atoms with Gasteiger partial charge in [-0.25, -0.2) is 4.90 Å². The number of methoxy groups -OCH3 is 1. The summed E-state index contributed by atoms with van der Waals surface area (Å²) in [4.78, 5) is 46.7. The summed E-state index contributed by atoms with van der Waals surface area (Å²) in [7, 11) is 1.56. The van der Waals surface area contributed by atoms with E-state index < -0.39 is 29.3 Å². The van der Waals surface area contributed by atoms with E-state index >= 15 is 0 Å². The van der Waals surface area contributed by atoms with Gasteiger partial charge in [0.05, 0.1) is 24.6 Å². The van der Waals surface area contributed by atoms with Crippen molar-refractivity contribution in [3.63, 3.8) is 0 Å². The maximum absolute atomic E-state index is 14.2. The lowest BCUT2D eigenvalue weighted by Crippen LogP contribution is -2.53. The number of aromatic nitrogens is 1. The van der Waals surface area contributed by atoms with Gasteiger partial charge in [-0.15, -0.1) is 0 Å². The van der Waals surface area contributed by atoms with Gasteiger partial charge in [0.2, 0.25) is 17.7 Å². The van der Waals surface area contributed by atoms with E-state index in [0.717, 1.165) is 22.0 Å². The number of amides is 3. The smallest absolute Gasteiger partial charge is 0.250 e. The van der Waals surface area contributed by atoms with Crippen molar-refractivity contribution < 1.29 is 19.1 Å². The van der Waals surface area contributed by atoms with Gasteiger partial charge in [0.1, 0.15) is 11.3 Å². The van der Waals surface area contributed by atoms with Crippen LogP contribution in [-0.4, -0.2) is 35.9 Å². The Morgan fingerprint density at radius 2 is 1.79 bits per heavy atom. The van der Waals surface area contributed by atoms with E-state index in [1.54, 1.807) is 43.5 Å². The van der Waals surface area contributed by atoms with Crippen LogP contribution < -0.4 is 20.3 Å². The number of aryl methyl sites for hydroxylation is 1. The maximum Gasteiger partial charge on any atom is 0.250 e. The first-order valence-corrected chi connectivity index (χ1v) is 13.2. The van der Waals surface area contributed by atoms with Crippen molar-refractivity contribution in [1.82, 2.24) is 10.3 Å². The minimum absolute atomic E-state index is 0.329. The van der Waals surface area contributed by atoms with Gasteiger partial charge in [-0.05, 0) is 66.9 Å². The molecule has 196 valence electrons. The molecule has 39 heavy (non-hydrogen) atoms. The average Bonchev–Trinajstić information content (AvgIpc) is 3.64. The number of nitrogens with one attached hydrogen (secondary N) is 3. The molecule has 8 nitrogen and oxygen atoms in total. The quantitative estimate of drug-likeness (QED) is 0.335. The molecule has 9 heteroatoms. The summed E-state index contributed by atoms with van der Waals surface area (Å²) in [6.45, 7) is 1.87. The molecular weight excluding hydrogens is 516 g/mol. The average molecular weight is 541 g/mol. The van der Waals surface area contributed by atoms with Gasteiger partial charge in [0.15, 0.2) is 0 Å². The number of H-pyrrole nitrogens is 1. The van der Waals surface area contributed by atoms with Gasteiger partial charge < -0.3 is 15.0 Å². The Morgan fingerprint density at radius 3 is 2.56 bits per heavy atom. The van der Waals surface area contributed by atoms with E-state index in [2.05, 4.69) is 15.6 Å². The molecule has 2 saturated heterocycles. The summed E-state index contributed by atoms with van der Waals surface area (Å²) in [6.07, 6.45) is 2.38. The zero-order chi connectivity index (χ0) is 27.1. The van der Waals surface area contributed by atoms with Crippen LogP contribution in [0.4, 0.5) is 11.4 Å². The Bertz CT molecular complexity index is 1700. The van der Waals surface area contributed by atoms with E-state index in [9.17, 15) is 14.4 Å². The van der Waals surface area contributed by atoms with Crippen molar-refractivity contribution in [3.05, 3.63) is 88.6 Å². The second-order valence-electron chi connectivity index (χ2n) is 10.4. The Morgan fingerprint density at radius 1 is 1.03 bits per heavy atom. The highest BCUT2D eigenvalue weighted by molar-refractivity contribution is 6.31. The van der Waals surface area contributed by atoms with Crippen LogP contribution in [0.25, 0.3) is 10.9 Å². The number of hydrogen-bond donors (Lipinski definition) is 3. The van der Waals surface area contributed by atoms with E-state index in [4.69, 9.17) is 16.3 Å². The van der Waals surface area contributed by atoms with Crippen molar-refractivity contribution in [2.75, 3.05) is 17.3 Å². The molecule has 7 rings (SSSR count). The Balaban J connectivity index is 1.38. The number of carbonyl (C=O) groups is 3. The van der Waals surface area contributed by atoms with Gasteiger partial charge in [0, 0.05) is 39.4 Å². The Kier molecular flexibility index (Phi) is 5.17. The standard InChI is InChI=1S/C30H25ClN4O4/c1-15-11-17(31)13-21-26(15)33-29(38)30(21)25-24(23(34-30)12-16-14-32-22-6-4-3-5-20(16)22)27(36)35(28(25)37)18-7-9-19(39-2)10-8-18/h3-11,13-14,23-25,32,34H,12H2,1-2H3,(H,33,38)/t23-,24+,25-,30+/m0/s1. The summed E-state index contributed by atoms with van der Waals surface area (Å²) >= 11 is 6.47. The third-order valence-electron chi connectivity index (χ3n) is 8.43. The molecule has 4 heterocycles. The lowest BCUT2D eigenvalue weighted by atomic mass is 9.76. The summed E-state index contributed by atoms with van der Waals surface area (Å²) in [5.41, 5.74) is 3.03. The van der Waals surface area contributed by atoms with Crippen molar-refractivity contribution in [3.8, 4) is 5.75 Å². The van der Waals surface area contributed by atoms with Gasteiger partial charge in [-0.3, -0.25) is 19.7 Å². The van der Waals surface area contributed by atoms with Gasteiger partial charge in [-0.2, -0.15) is 0 Å². The van der Waals surface area contributed by atoms with Crippen LogP contribution in [0.1, 0.15) is 16.7 Å². The fourth-order valence-corrected chi connectivity index (χ4v) is 7.00. The molecule has 4 aromatic rings. The van der Waals surface area contributed by atoms with Crippen LogP contribution in [-0.2, 0) is 26.3 Å². The van der Waals surface area contributed by atoms with Gasteiger partial charge in [-0.1, -0.05) is 29.8 Å². The molecule has 1 spiro atoms. The Labute approximate surface area is 229 Å². The molecule has 3 aromatic carbocycles. The lowest BCUT2D eigenvalue weighted by molar-refractivity contribution is -0.130. The monoisotopic (exact) mass is 540 g/mol. The zero-order valence-electron chi connectivity index (χ0n) is 21.2. The van der Waals surface area contributed by atoms with Crippen molar-refractivity contribution in [1.29, 1.82) is 0 Å².